The molecule has 0 bridgehead atoms. The topological polar surface area (TPSA) is 64.6 Å². The molecule has 0 spiro atoms. The van der Waals surface area contributed by atoms with E-state index in [-0.39, 0.29) is 17.5 Å². The van der Waals surface area contributed by atoms with Gasteiger partial charge in [0.05, 0.1) is 27.6 Å². The zero-order valence-electron chi connectivity index (χ0n) is 11.6. The second kappa shape index (κ2) is 7.30. The lowest BCUT2D eigenvalue weighted by molar-refractivity contribution is 0.304. The molecule has 1 aliphatic heterocycles. The minimum atomic E-state index is -2.84. The fourth-order valence-corrected chi connectivity index (χ4v) is 4.79. The van der Waals surface area contributed by atoms with E-state index in [2.05, 4.69) is 37.2 Å². The number of benzene rings is 1. The number of methoxy groups -OCH3 is 1. The van der Waals surface area contributed by atoms with Crippen molar-refractivity contribution in [1.82, 2.24) is 5.32 Å². The van der Waals surface area contributed by atoms with Crippen LogP contribution < -0.4 is 14.8 Å². The van der Waals surface area contributed by atoms with Crippen LogP contribution in [0.5, 0.6) is 11.5 Å². The number of ether oxygens (including phenoxy) is 2. The Bertz CT molecular complexity index is 606. The third kappa shape index (κ3) is 4.84. The summed E-state index contributed by atoms with van der Waals surface area (Å²) in [4.78, 5) is 0. The predicted octanol–water partition coefficient (Wildman–Crippen LogP) is 2.38. The molecule has 0 aliphatic carbocycles. The molecule has 1 fully saturated rings. The third-order valence-electron chi connectivity index (χ3n) is 3.23. The Kier molecular flexibility index (Phi) is 5.93. The molecule has 1 saturated heterocycles. The lowest BCUT2D eigenvalue weighted by Crippen LogP contribution is -2.33. The third-order valence-corrected chi connectivity index (χ3v) is 6.24. The first-order valence-electron chi connectivity index (χ1n) is 6.51. The molecule has 0 radical (unpaired) electrons. The zero-order chi connectivity index (χ0) is 15.5. The number of nitrogens with one attached hydrogen (secondary N) is 1. The molecule has 1 aliphatic rings. The quantitative estimate of drug-likeness (QED) is 0.685. The van der Waals surface area contributed by atoms with Crippen LogP contribution in [0.4, 0.5) is 0 Å². The number of rotatable bonds is 6. The van der Waals surface area contributed by atoms with Crippen LogP contribution in [0.15, 0.2) is 21.1 Å². The van der Waals surface area contributed by atoms with Crippen molar-refractivity contribution < 1.29 is 17.9 Å². The van der Waals surface area contributed by atoms with Gasteiger partial charge in [0.2, 0.25) is 0 Å². The van der Waals surface area contributed by atoms with Crippen LogP contribution in [0.1, 0.15) is 6.42 Å². The van der Waals surface area contributed by atoms with Crippen LogP contribution in [0.25, 0.3) is 0 Å². The van der Waals surface area contributed by atoms with Gasteiger partial charge in [0.15, 0.2) is 9.84 Å². The highest BCUT2D eigenvalue weighted by atomic mass is 79.9. The highest BCUT2D eigenvalue weighted by molar-refractivity contribution is 9.11. The van der Waals surface area contributed by atoms with Crippen molar-refractivity contribution in [3.05, 3.63) is 21.1 Å². The molecule has 0 aromatic heterocycles. The van der Waals surface area contributed by atoms with E-state index in [0.717, 1.165) is 14.7 Å². The van der Waals surface area contributed by atoms with Gasteiger partial charge in [-0.1, -0.05) is 0 Å². The van der Waals surface area contributed by atoms with E-state index < -0.39 is 9.84 Å². The maximum atomic E-state index is 11.3. The van der Waals surface area contributed by atoms with E-state index >= 15 is 0 Å². The van der Waals surface area contributed by atoms with Crippen molar-refractivity contribution in [2.75, 3.05) is 31.8 Å². The molecule has 2 rings (SSSR count). The first-order valence-corrected chi connectivity index (χ1v) is 9.91. The molecular formula is C13H17Br2NO4S. The molecular weight excluding hydrogens is 426 g/mol. The maximum absolute atomic E-state index is 11.3. The molecule has 8 heteroatoms. The average molecular weight is 443 g/mol. The minimum absolute atomic E-state index is 0.0460. The van der Waals surface area contributed by atoms with Crippen LogP contribution >= 0.6 is 31.9 Å². The summed E-state index contributed by atoms with van der Waals surface area (Å²) in [6.45, 7) is 1.07. The summed E-state index contributed by atoms with van der Waals surface area (Å²) < 4.78 is 35.2. The molecule has 1 N–H and O–H groups in total. The smallest absolute Gasteiger partial charge is 0.151 e. The molecule has 1 aromatic rings. The Hall–Kier alpha value is -0.310. The lowest BCUT2D eigenvalue weighted by Gasteiger charge is -2.13. The molecule has 1 unspecified atom stereocenters. The lowest BCUT2D eigenvalue weighted by atomic mass is 10.3. The van der Waals surface area contributed by atoms with E-state index in [0.29, 0.717) is 25.3 Å². The fourth-order valence-electron chi connectivity index (χ4n) is 2.16. The van der Waals surface area contributed by atoms with Gasteiger partial charge in [-0.05, 0) is 50.4 Å². The second-order valence-electron chi connectivity index (χ2n) is 4.82. The monoisotopic (exact) mass is 441 g/mol. The van der Waals surface area contributed by atoms with E-state index in [1.54, 1.807) is 7.11 Å². The van der Waals surface area contributed by atoms with Crippen molar-refractivity contribution in [2.24, 2.45) is 0 Å². The summed E-state index contributed by atoms with van der Waals surface area (Å²) in [6, 6.07) is 3.71. The van der Waals surface area contributed by atoms with Crippen LogP contribution in [-0.2, 0) is 9.84 Å². The predicted molar refractivity (Wildman–Crippen MR) is 89.0 cm³/mol. The van der Waals surface area contributed by atoms with E-state index in [1.807, 2.05) is 12.1 Å². The molecule has 21 heavy (non-hydrogen) atoms. The molecule has 0 saturated carbocycles. The molecule has 118 valence electrons. The van der Waals surface area contributed by atoms with E-state index in [9.17, 15) is 8.42 Å². The Balaban J connectivity index is 1.80. The van der Waals surface area contributed by atoms with Gasteiger partial charge in [-0.2, -0.15) is 0 Å². The second-order valence-corrected chi connectivity index (χ2v) is 8.76. The number of halogens is 2. The molecule has 0 amide bonds. The van der Waals surface area contributed by atoms with Crippen LogP contribution in [0.2, 0.25) is 0 Å². The van der Waals surface area contributed by atoms with E-state index in [1.165, 1.54) is 0 Å². The molecule has 1 aromatic carbocycles. The van der Waals surface area contributed by atoms with E-state index in [4.69, 9.17) is 9.47 Å². The van der Waals surface area contributed by atoms with Crippen LogP contribution in [-0.4, -0.2) is 46.2 Å². The highest BCUT2D eigenvalue weighted by Crippen LogP contribution is 2.35. The van der Waals surface area contributed by atoms with Gasteiger partial charge in [-0.3, -0.25) is 0 Å². The Morgan fingerprint density at radius 1 is 1.29 bits per heavy atom. The normalized spacial score (nSPS) is 20.4. The summed E-state index contributed by atoms with van der Waals surface area (Å²) in [5, 5.41) is 3.21. The van der Waals surface area contributed by atoms with Gasteiger partial charge in [-0.25, -0.2) is 8.42 Å². The van der Waals surface area contributed by atoms with Crippen LogP contribution in [0.3, 0.4) is 0 Å². The molecule has 5 nitrogen and oxygen atoms in total. The van der Waals surface area contributed by atoms with Gasteiger partial charge in [-0.15, -0.1) is 0 Å². The zero-order valence-corrected chi connectivity index (χ0v) is 15.6. The fraction of sp³-hybridized carbons (Fsp3) is 0.538. The van der Waals surface area contributed by atoms with Crippen molar-refractivity contribution in [3.8, 4) is 11.5 Å². The summed E-state index contributed by atoms with van der Waals surface area (Å²) in [5.74, 6) is 1.94. The largest absolute Gasteiger partial charge is 0.496 e. The van der Waals surface area contributed by atoms with Crippen LogP contribution in [0, 0.1) is 0 Å². The summed E-state index contributed by atoms with van der Waals surface area (Å²) in [7, 11) is -1.23. The number of hydrogen-bond acceptors (Lipinski definition) is 5. The minimum Gasteiger partial charge on any atom is -0.496 e. The Morgan fingerprint density at radius 2 is 1.95 bits per heavy atom. The van der Waals surface area contributed by atoms with Gasteiger partial charge in [0.1, 0.15) is 18.1 Å². The summed E-state index contributed by atoms with van der Waals surface area (Å²) >= 11 is 6.84. The average Bonchev–Trinajstić information content (AvgIpc) is 2.77. The molecule has 1 atom stereocenters. The van der Waals surface area contributed by atoms with Crippen molar-refractivity contribution in [1.29, 1.82) is 0 Å². The number of hydrogen-bond donors (Lipinski definition) is 1. The summed E-state index contributed by atoms with van der Waals surface area (Å²) in [6.07, 6.45) is 0.681. The highest BCUT2D eigenvalue weighted by Gasteiger charge is 2.27. The first kappa shape index (κ1) is 17.1. The number of sulfone groups is 1. The van der Waals surface area contributed by atoms with Crippen molar-refractivity contribution >= 4 is 41.7 Å². The summed E-state index contributed by atoms with van der Waals surface area (Å²) in [5.41, 5.74) is 0. The standard InChI is InChI=1S/C13H17Br2NO4S/c1-19-12-6-11(15)13(7-10(12)14)20-4-3-16-9-2-5-21(17,18)8-9/h6-7,9,16H,2-5,8H2,1H3. The Morgan fingerprint density at radius 3 is 2.57 bits per heavy atom. The molecule has 1 heterocycles. The van der Waals surface area contributed by atoms with Gasteiger partial charge < -0.3 is 14.8 Å². The first-order chi connectivity index (χ1) is 9.91. The Labute approximate surface area is 141 Å². The van der Waals surface area contributed by atoms with Crippen molar-refractivity contribution in [3.63, 3.8) is 0 Å². The van der Waals surface area contributed by atoms with Gasteiger partial charge in [0.25, 0.3) is 0 Å². The van der Waals surface area contributed by atoms with Crippen molar-refractivity contribution in [2.45, 2.75) is 12.5 Å². The van der Waals surface area contributed by atoms with Gasteiger partial charge >= 0.3 is 0 Å². The maximum Gasteiger partial charge on any atom is 0.151 e. The SMILES string of the molecule is COc1cc(Br)c(OCCNC2CCS(=O)(=O)C2)cc1Br. The van der Waals surface area contributed by atoms with Gasteiger partial charge in [0, 0.05) is 12.6 Å².